The van der Waals surface area contributed by atoms with Gasteiger partial charge in [0.2, 0.25) is 0 Å². The van der Waals surface area contributed by atoms with Crippen LogP contribution in [-0.4, -0.2) is 46.6 Å². The molecule has 0 aliphatic rings. The molecule has 0 aliphatic carbocycles. The van der Waals surface area contributed by atoms with Crippen LogP contribution in [0.1, 0.15) is 25.8 Å². The number of fused-ring (bicyclic) bond motifs is 1. The largest absolute Gasteiger partial charge is 0.481 e. The van der Waals surface area contributed by atoms with Gasteiger partial charge in [0.05, 0.1) is 0 Å². The molecule has 0 atom stereocenters. The zero-order chi connectivity index (χ0) is 16.8. The van der Waals surface area contributed by atoms with Crippen molar-refractivity contribution in [3.05, 3.63) is 30.0 Å². The second-order valence-corrected chi connectivity index (χ2v) is 5.34. The zero-order valence-electron chi connectivity index (χ0n) is 13.5. The quantitative estimate of drug-likeness (QED) is 0.444. The number of nitrogens with zero attached hydrogens (tertiary/aromatic N) is 1. The number of hydrogen-bond donors (Lipinski definition) is 2. The van der Waals surface area contributed by atoms with Crippen LogP contribution in [0.5, 0.6) is 5.75 Å². The molecule has 1 aromatic heterocycles. The number of ether oxygens (including phenoxy) is 1. The normalized spacial score (nSPS) is 11.1. The molecule has 2 rings (SSSR count). The van der Waals surface area contributed by atoms with Gasteiger partial charge in [-0.2, -0.15) is 0 Å². The van der Waals surface area contributed by atoms with E-state index in [-0.39, 0.29) is 0 Å². The Hall–Kier alpha value is -2.34. The Morgan fingerprint density at radius 1 is 1.26 bits per heavy atom. The van der Waals surface area contributed by atoms with Crippen molar-refractivity contribution >= 4 is 22.8 Å². The fourth-order valence-electron chi connectivity index (χ4n) is 2.55. The van der Waals surface area contributed by atoms with Gasteiger partial charge in [0.1, 0.15) is 12.2 Å². The predicted octanol–water partition coefficient (Wildman–Crippen LogP) is 2.43. The third-order valence-electron chi connectivity index (χ3n) is 3.86. The Balaban J connectivity index is 2.07. The van der Waals surface area contributed by atoms with Crippen LogP contribution in [0.25, 0.3) is 10.9 Å². The Kier molecular flexibility index (Phi) is 5.76. The van der Waals surface area contributed by atoms with E-state index in [1.807, 2.05) is 12.3 Å². The fraction of sp³-hybridized carbons (Fsp3) is 0.412. The van der Waals surface area contributed by atoms with Crippen LogP contribution < -0.4 is 4.74 Å². The molecule has 23 heavy (non-hydrogen) atoms. The van der Waals surface area contributed by atoms with Crippen LogP contribution in [0.4, 0.5) is 0 Å². The number of rotatable bonds is 8. The average molecular weight is 318 g/mol. The maximum Gasteiger partial charge on any atom is 0.322 e. The Bertz CT molecular complexity index is 689. The van der Waals surface area contributed by atoms with Crippen LogP contribution in [0.15, 0.2) is 24.4 Å². The van der Waals surface area contributed by atoms with Crippen LogP contribution >= 0.6 is 0 Å². The highest BCUT2D eigenvalue weighted by Gasteiger charge is 2.12. The number of nitrogens with one attached hydrogen (secondary N) is 1. The molecule has 0 aliphatic heterocycles. The summed E-state index contributed by atoms with van der Waals surface area (Å²) in [4.78, 5) is 27.4. The molecular weight excluding hydrogens is 296 g/mol. The first kappa shape index (κ1) is 17.0. The minimum absolute atomic E-state index is 0.348. The molecule has 6 heteroatoms. The first-order valence-electron chi connectivity index (χ1n) is 7.78. The number of carboxylic acids is 1. The van der Waals surface area contributed by atoms with Gasteiger partial charge in [0.25, 0.3) is 0 Å². The molecule has 1 aromatic carbocycles. The van der Waals surface area contributed by atoms with Gasteiger partial charge in [-0.25, -0.2) is 0 Å². The molecule has 0 radical (unpaired) electrons. The van der Waals surface area contributed by atoms with E-state index in [0.29, 0.717) is 5.75 Å². The van der Waals surface area contributed by atoms with Gasteiger partial charge in [0.15, 0.2) is 0 Å². The van der Waals surface area contributed by atoms with E-state index < -0.39 is 18.4 Å². The molecule has 0 saturated carbocycles. The number of aliphatic carboxylic acids is 1. The SMILES string of the molecule is CCN(CC)CCc1c[nH]c2cc(OC(=O)CC(=O)O)ccc12. The van der Waals surface area contributed by atoms with Crippen molar-refractivity contribution in [3.63, 3.8) is 0 Å². The summed E-state index contributed by atoms with van der Waals surface area (Å²) >= 11 is 0. The number of carbonyl (C=O) groups is 2. The van der Waals surface area contributed by atoms with Gasteiger partial charge in [-0.15, -0.1) is 0 Å². The van der Waals surface area contributed by atoms with E-state index >= 15 is 0 Å². The average Bonchev–Trinajstić information content (AvgIpc) is 2.90. The standard InChI is InChI=1S/C17H22N2O4/c1-3-19(4-2)8-7-12-11-18-15-9-13(5-6-14(12)15)23-17(22)10-16(20)21/h5-6,9,11,18H,3-4,7-8,10H2,1-2H3,(H,20,21). The molecule has 0 saturated heterocycles. The summed E-state index contributed by atoms with van der Waals surface area (Å²) in [6.45, 7) is 7.35. The zero-order valence-corrected chi connectivity index (χ0v) is 13.5. The molecule has 2 N–H and O–H groups in total. The number of aromatic nitrogens is 1. The summed E-state index contributed by atoms with van der Waals surface area (Å²) in [5.74, 6) is -1.62. The number of H-pyrrole nitrogens is 1. The van der Waals surface area contributed by atoms with Crippen molar-refractivity contribution in [3.8, 4) is 5.75 Å². The van der Waals surface area contributed by atoms with Crippen molar-refractivity contribution in [2.75, 3.05) is 19.6 Å². The lowest BCUT2D eigenvalue weighted by atomic mass is 10.1. The number of aromatic amines is 1. The number of likely N-dealkylation sites (N-methyl/N-ethyl adjacent to an activating group) is 1. The first-order valence-corrected chi connectivity index (χ1v) is 7.78. The van der Waals surface area contributed by atoms with E-state index in [1.165, 1.54) is 5.56 Å². The highest BCUT2D eigenvalue weighted by molar-refractivity contribution is 5.92. The molecule has 6 nitrogen and oxygen atoms in total. The Morgan fingerprint density at radius 3 is 2.65 bits per heavy atom. The lowest BCUT2D eigenvalue weighted by Crippen LogP contribution is -2.25. The summed E-state index contributed by atoms with van der Waals surface area (Å²) in [6.07, 6.45) is 2.27. The number of carbonyl (C=O) groups excluding carboxylic acids is 1. The van der Waals surface area contributed by atoms with E-state index in [2.05, 4.69) is 23.7 Å². The van der Waals surface area contributed by atoms with Crippen LogP contribution in [0, 0.1) is 0 Å². The van der Waals surface area contributed by atoms with Gasteiger partial charge in [-0.05, 0) is 37.2 Å². The van der Waals surface area contributed by atoms with Crippen molar-refractivity contribution in [1.82, 2.24) is 9.88 Å². The summed E-state index contributed by atoms with van der Waals surface area (Å²) in [5, 5.41) is 9.66. The van der Waals surface area contributed by atoms with Gasteiger partial charge >= 0.3 is 11.9 Å². The molecule has 124 valence electrons. The van der Waals surface area contributed by atoms with Gasteiger partial charge in [0, 0.05) is 29.7 Å². The summed E-state index contributed by atoms with van der Waals surface area (Å²) < 4.78 is 5.03. The minimum Gasteiger partial charge on any atom is -0.481 e. The maximum absolute atomic E-state index is 11.4. The number of esters is 1. The predicted molar refractivity (Wildman–Crippen MR) is 87.7 cm³/mol. The topological polar surface area (TPSA) is 82.6 Å². The number of carboxylic acid groups (broad SMARTS) is 1. The monoisotopic (exact) mass is 318 g/mol. The van der Waals surface area contributed by atoms with E-state index in [4.69, 9.17) is 9.84 Å². The molecule has 0 bridgehead atoms. The van der Waals surface area contributed by atoms with Crippen molar-refractivity contribution in [2.24, 2.45) is 0 Å². The molecule has 1 heterocycles. The molecule has 0 spiro atoms. The minimum atomic E-state index is -1.20. The highest BCUT2D eigenvalue weighted by atomic mass is 16.5. The second-order valence-electron chi connectivity index (χ2n) is 5.34. The Morgan fingerprint density at radius 2 is 2.00 bits per heavy atom. The van der Waals surface area contributed by atoms with E-state index in [9.17, 15) is 9.59 Å². The maximum atomic E-state index is 11.4. The molecule has 0 fully saturated rings. The van der Waals surface area contributed by atoms with Crippen LogP contribution in [-0.2, 0) is 16.0 Å². The molecule has 0 amide bonds. The lowest BCUT2D eigenvalue weighted by molar-refractivity contribution is -0.145. The highest BCUT2D eigenvalue weighted by Crippen LogP contribution is 2.24. The summed E-state index contributed by atoms with van der Waals surface area (Å²) in [6, 6.07) is 5.31. The molecule has 0 unspecified atom stereocenters. The van der Waals surface area contributed by atoms with Crippen molar-refractivity contribution in [2.45, 2.75) is 26.7 Å². The third-order valence-corrected chi connectivity index (χ3v) is 3.86. The van der Waals surface area contributed by atoms with Gasteiger partial charge in [-0.3, -0.25) is 9.59 Å². The third kappa shape index (κ3) is 4.56. The van der Waals surface area contributed by atoms with E-state index in [1.54, 1.807) is 12.1 Å². The summed E-state index contributed by atoms with van der Waals surface area (Å²) in [7, 11) is 0. The number of hydrogen-bond acceptors (Lipinski definition) is 4. The van der Waals surface area contributed by atoms with Crippen LogP contribution in [0.3, 0.4) is 0 Å². The molecular formula is C17H22N2O4. The number of benzene rings is 1. The first-order chi connectivity index (χ1) is 11.0. The molecule has 2 aromatic rings. The van der Waals surface area contributed by atoms with Gasteiger partial charge in [-0.1, -0.05) is 13.8 Å². The fourth-order valence-corrected chi connectivity index (χ4v) is 2.55. The lowest BCUT2D eigenvalue weighted by Gasteiger charge is -2.17. The van der Waals surface area contributed by atoms with Gasteiger partial charge < -0.3 is 19.7 Å². The van der Waals surface area contributed by atoms with Crippen molar-refractivity contribution < 1.29 is 19.4 Å². The second kappa shape index (κ2) is 7.78. The van der Waals surface area contributed by atoms with Crippen molar-refractivity contribution in [1.29, 1.82) is 0 Å². The smallest absolute Gasteiger partial charge is 0.322 e. The summed E-state index contributed by atoms with van der Waals surface area (Å²) in [5.41, 5.74) is 2.09. The van der Waals surface area contributed by atoms with E-state index in [0.717, 1.165) is 37.0 Å². The van der Waals surface area contributed by atoms with Crippen LogP contribution in [0.2, 0.25) is 0 Å². The Labute approximate surface area is 135 Å².